The van der Waals surface area contributed by atoms with E-state index < -0.39 is 21.9 Å². The summed E-state index contributed by atoms with van der Waals surface area (Å²) < 4.78 is 36.0. The Morgan fingerprint density at radius 2 is 1.78 bits per heavy atom. The Balaban J connectivity index is 2.42. The number of carbonyl (C=O) groups excluding carboxylic acids is 2. The van der Waals surface area contributed by atoms with Crippen LogP contribution in [0.15, 0.2) is 24.3 Å². The lowest BCUT2D eigenvalue weighted by molar-refractivity contribution is -0.115. The molecule has 0 saturated heterocycles. The highest BCUT2D eigenvalue weighted by molar-refractivity contribution is 7.89. The number of unbranched alkanes of at least 4 members (excludes halogenated alkanes) is 1. The number of rotatable bonds is 12. The maximum Gasteiger partial charge on any atom is 0.338 e. The van der Waals surface area contributed by atoms with Crippen LogP contribution in [-0.4, -0.2) is 51.9 Å². The monoisotopic (exact) mass is 400 g/mol. The van der Waals surface area contributed by atoms with Crippen LogP contribution in [-0.2, 0) is 24.3 Å². The van der Waals surface area contributed by atoms with Crippen LogP contribution in [0.3, 0.4) is 0 Å². The maximum atomic E-state index is 11.9. The summed E-state index contributed by atoms with van der Waals surface area (Å²) in [6.45, 7) is 5.67. The molecule has 0 unspecified atom stereocenters. The van der Waals surface area contributed by atoms with E-state index in [-0.39, 0.29) is 25.0 Å². The molecule has 0 aliphatic heterocycles. The van der Waals surface area contributed by atoms with E-state index in [1.807, 2.05) is 20.8 Å². The van der Waals surface area contributed by atoms with Crippen LogP contribution in [0, 0.1) is 0 Å². The molecule has 0 atom stereocenters. The third-order valence-corrected chi connectivity index (χ3v) is 4.68. The molecule has 1 aromatic rings. The molecule has 0 aliphatic rings. The largest absolute Gasteiger partial charge is 0.462 e. The second-order valence-electron chi connectivity index (χ2n) is 6.17. The van der Waals surface area contributed by atoms with E-state index in [1.165, 1.54) is 12.1 Å². The number of anilines is 1. The van der Waals surface area contributed by atoms with Crippen LogP contribution in [0.1, 0.15) is 44.0 Å². The number of hydrogen-bond donors (Lipinski definition) is 2. The first-order valence-electron chi connectivity index (χ1n) is 8.89. The smallest absolute Gasteiger partial charge is 0.338 e. The first kappa shape index (κ1) is 23.1. The van der Waals surface area contributed by atoms with E-state index in [9.17, 15) is 18.0 Å². The van der Waals surface area contributed by atoms with E-state index >= 15 is 0 Å². The molecule has 0 heterocycles. The van der Waals surface area contributed by atoms with Gasteiger partial charge >= 0.3 is 5.97 Å². The zero-order valence-corrected chi connectivity index (χ0v) is 16.8. The number of esters is 1. The summed E-state index contributed by atoms with van der Waals surface area (Å²) in [6.07, 6.45) is 1.68. The maximum absolute atomic E-state index is 11.9. The number of amides is 1. The summed E-state index contributed by atoms with van der Waals surface area (Å²) in [7, 11) is -3.59. The van der Waals surface area contributed by atoms with Gasteiger partial charge in [-0.15, -0.1) is 0 Å². The van der Waals surface area contributed by atoms with E-state index in [4.69, 9.17) is 9.47 Å². The molecule has 0 aromatic heterocycles. The second kappa shape index (κ2) is 11.7. The van der Waals surface area contributed by atoms with Crippen molar-refractivity contribution in [3.8, 4) is 0 Å². The van der Waals surface area contributed by atoms with Crippen LogP contribution in [0.2, 0.25) is 0 Å². The SMILES string of the molecule is CCCCOC(=O)c1ccc(NC(=O)CNS(=O)(=O)CCOC(C)C)cc1. The van der Waals surface area contributed by atoms with Gasteiger partial charge in [0.1, 0.15) is 0 Å². The van der Waals surface area contributed by atoms with Gasteiger partial charge in [-0.05, 0) is 44.5 Å². The highest BCUT2D eigenvalue weighted by Gasteiger charge is 2.13. The van der Waals surface area contributed by atoms with Gasteiger partial charge in [0, 0.05) is 5.69 Å². The summed E-state index contributed by atoms with van der Waals surface area (Å²) in [5, 5.41) is 2.56. The quantitative estimate of drug-likeness (QED) is 0.410. The average molecular weight is 400 g/mol. The lowest BCUT2D eigenvalue weighted by Crippen LogP contribution is -2.35. The number of ether oxygens (including phenoxy) is 2. The molecule has 27 heavy (non-hydrogen) atoms. The molecule has 0 bridgehead atoms. The van der Waals surface area contributed by atoms with Crippen LogP contribution in [0.25, 0.3) is 0 Å². The van der Waals surface area contributed by atoms with Gasteiger partial charge in [-0.3, -0.25) is 4.79 Å². The van der Waals surface area contributed by atoms with Gasteiger partial charge in [0.25, 0.3) is 0 Å². The predicted molar refractivity (Wildman–Crippen MR) is 103 cm³/mol. The molecule has 1 aromatic carbocycles. The summed E-state index contributed by atoms with van der Waals surface area (Å²) in [5.74, 6) is -1.15. The Kier molecular flexibility index (Phi) is 9.98. The normalized spacial score (nSPS) is 11.4. The summed E-state index contributed by atoms with van der Waals surface area (Å²) in [4.78, 5) is 23.7. The molecular weight excluding hydrogens is 372 g/mol. The lowest BCUT2D eigenvalue weighted by Gasteiger charge is -2.10. The highest BCUT2D eigenvalue weighted by atomic mass is 32.2. The van der Waals surface area contributed by atoms with Gasteiger partial charge in [0.15, 0.2) is 0 Å². The van der Waals surface area contributed by atoms with Crippen molar-refractivity contribution < 1.29 is 27.5 Å². The standard InChI is InChI=1S/C18H28N2O6S/c1-4-5-10-26-18(22)15-6-8-16(9-7-15)20-17(21)13-19-27(23,24)12-11-25-14(2)3/h6-9,14,19H,4-5,10-13H2,1-3H3,(H,20,21). The fourth-order valence-electron chi connectivity index (χ4n) is 1.93. The molecule has 152 valence electrons. The highest BCUT2D eigenvalue weighted by Crippen LogP contribution is 2.10. The third kappa shape index (κ3) is 10.1. The van der Waals surface area contributed by atoms with Gasteiger partial charge in [0.05, 0.1) is 37.2 Å². The first-order valence-corrected chi connectivity index (χ1v) is 10.5. The molecule has 0 fully saturated rings. The predicted octanol–water partition coefficient (Wildman–Crippen LogP) is 1.93. The van der Waals surface area contributed by atoms with Gasteiger partial charge in [0.2, 0.25) is 15.9 Å². The number of carbonyl (C=O) groups is 2. The molecule has 0 aliphatic carbocycles. The van der Waals surface area contributed by atoms with Gasteiger partial charge in [-0.25, -0.2) is 17.9 Å². The van der Waals surface area contributed by atoms with Crippen molar-refractivity contribution in [2.24, 2.45) is 0 Å². The molecule has 0 spiro atoms. The Bertz CT molecular complexity index is 701. The molecule has 9 heteroatoms. The van der Waals surface area contributed by atoms with Crippen molar-refractivity contribution in [2.75, 3.05) is 30.8 Å². The average Bonchev–Trinajstić information content (AvgIpc) is 2.60. The Morgan fingerprint density at radius 1 is 1.11 bits per heavy atom. The molecular formula is C18H28N2O6S. The first-order chi connectivity index (χ1) is 12.7. The van der Waals surface area contributed by atoms with Crippen molar-refractivity contribution in [2.45, 2.75) is 39.7 Å². The van der Waals surface area contributed by atoms with Crippen LogP contribution < -0.4 is 10.0 Å². The van der Waals surface area contributed by atoms with E-state index in [2.05, 4.69) is 10.0 Å². The molecule has 8 nitrogen and oxygen atoms in total. The molecule has 0 saturated carbocycles. The van der Waals surface area contributed by atoms with Crippen molar-refractivity contribution in [3.05, 3.63) is 29.8 Å². The van der Waals surface area contributed by atoms with E-state index in [1.54, 1.807) is 12.1 Å². The summed E-state index contributed by atoms with van der Waals surface area (Å²) >= 11 is 0. The minimum Gasteiger partial charge on any atom is -0.462 e. The summed E-state index contributed by atoms with van der Waals surface area (Å²) in [5.41, 5.74) is 0.836. The van der Waals surface area contributed by atoms with Crippen LogP contribution in [0.4, 0.5) is 5.69 Å². The minimum atomic E-state index is -3.59. The third-order valence-electron chi connectivity index (χ3n) is 3.39. The van der Waals surface area contributed by atoms with Crippen LogP contribution >= 0.6 is 0 Å². The molecule has 1 rings (SSSR count). The van der Waals surface area contributed by atoms with Crippen molar-refractivity contribution in [1.29, 1.82) is 0 Å². The zero-order valence-electron chi connectivity index (χ0n) is 16.0. The van der Waals surface area contributed by atoms with Gasteiger partial charge in [-0.1, -0.05) is 13.3 Å². The van der Waals surface area contributed by atoms with Crippen molar-refractivity contribution >= 4 is 27.6 Å². The Hall–Kier alpha value is -1.97. The van der Waals surface area contributed by atoms with E-state index in [0.717, 1.165) is 12.8 Å². The number of hydrogen-bond acceptors (Lipinski definition) is 6. The lowest BCUT2D eigenvalue weighted by atomic mass is 10.2. The number of benzene rings is 1. The van der Waals surface area contributed by atoms with Gasteiger partial charge in [-0.2, -0.15) is 0 Å². The Labute approximate surface area is 160 Å². The molecule has 0 radical (unpaired) electrons. The van der Waals surface area contributed by atoms with Crippen molar-refractivity contribution in [3.63, 3.8) is 0 Å². The van der Waals surface area contributed by atoms with E-state index in [0.29, 0.717) is 17.9 Å². The topological polar surface area (TPSA) is 111 Å². The number of sulfonamides is 1. The fourth-order valence-corrected chi connectivity index (χ4v) is 2.74. The Morgan fingerprint density at radius 3 is 2.37 bits per heavy atom. The van der Waals surface area contributed by atoms with Crippen LogP contribution in [0.5, 0.6) is 0 Å². The molecule has 1 amide bonds. The second-order valence-corrected chi connectivity index (χ2v) is 8.10. The minimum absolute atomic E-state index is 0.0598. The fraction of sp³-hybridized carbons (Fsp3) is 0.556. The van der Waals surface area contributed by atoms with Crippen molar-refractivity contribution in [1.82, 2.24) is 4.72 Å². The van der Waals surface area contributed by atoms with Gasteiger partial charge < -0.3 is 14.8 Å². The summed E-state index contributed by atoms with van der Waals surface area (Å²) in [6, 6.07) is 6.19. The number of nitrogens with one attached hydrogen (secondary N) is 2. The zero-order chi connectivity index (χ0) is 20.3. The molecule has 2 N–H and O–H groups in total.